The molecule has 0 aliphatic carbocycles. The first kappa shape index (κ1) is 37.6. The average molecular weight is 556 g/mol. The summed E-state index contributed by atoms with van der Waals surface area (Å²) in [6.07, 6.45) is 38.2. The Morgan fingerprint density at radius 1 is 0.850 bits per heavy atom. The van der Waals surface area contributed by atoms with Crippen molar-refractivity contribution >= 4 is 5.97 Å². The molecule has 0 aromatic rings. The number of ether oxygens (including phenoxy) is 1. The number of rotatable bonds is 24. The Morgan fingerprint density at radius 2 is 1.45 bits per heavy atom. The maximum atomic E-state index is 11.0. The van der Waals surface area contributed by atoms with Crippen molar-refractivity contribution in [3.05, 3.63) is 60.8 Å². The molecule has 0 aromatic heterocycles. The minimum Gasteiger partial charge on any atom is -0.469 e. The lowest BCUT2D eigenvalue weighted by Crippen LogP contribution is -2.37. The normalized spacial score (nSPS) is 14.4. The fourth-order valence-electron chi connectivity index (χ4n) is 4.05. The van der Waals surface area contributed by atoms with Crippen molar-refractivity contribution in [2.75, 3.05) is 7.11 Å². The van der Waals surface area contributed by atoms with Crippen LogP contribution >= 0.6 is 0 Å². The van der Waals surface area contributed by atoms with Gasteiger partial charge in [-0.15, -0.1) is 0 Å². The summed E-state index contributed by atoms with van der Waals surface area (Å²) in [5.41, 5.74) is 4.19. The molecular formula is C35H57NO4. The van der Waals surface area contributed by atoms with Gasteiger partial charge in [-0.2, -0.15) is 0 Å². The summed E-state index contributed by atoms with van der Waals surface area (Å²) >= 11 is 0. The molecule has 5 nitrogen and oxygen atoms in total. The molecule has 0 aromatic carbocycles. The van der Waals surface area contributed by atoms with Gasteiger partial charge in [0.2, 0.25) is 0 Å². The van der Waals surface area contributed by atoms with Crippen LogP contribution in [0.15, 0.2) is 60.8 Å². The van der Waals surface area contributed by atoms with E-state index in [0.29, 0.717) is 19.3 Å². The van der Waals surface area contributed by atoms with E-state index in [1.807, 2.05) is 25.2 Å². The van der Waals surface area contributed by atoms with Gasteiger partial charge in [0.05, 0.1) is 13.2 Å². The molecule has 4 N–H and O–H groups in total. The number of hydrogen-bond donors (Lipinski definition) is 3. The van der Waals surface area contributed by atoms with Gasteiger partial charge in [-0.25, -0.2) is 0 Å². The number of allylic oxidation sites excluding steroid dienone is 7. The van der Waals surface area contributed by atoms with Crippen LogP contribution in [0.5, 0.6) is 0 Å². The van der Waals surface area contributed by atoms with E-state index in [1.54, 1.807) is 24.3 Å². The number of esters is 1. The number of nitrogens with two attached hydrogens (primary N) is 1. The van der Waals surface area contributed by atoms with Gasteiger partial charge < -0.3 is 14.9 Å². The third kappa shape index (κ3) is 28.6. The minimum absolute atomic E-state index is 0.0881. The van der Waals surface area contributed by atoms with E-state index in [0.717, 1.165) is 32.1 Å². The van der Waals surface area contributed by atoms with Gasteiger partial charge in [-0.3, -0.25) is 10.5 Å². The first-order valence-corrected chi connectivity index (χ1v) is 15.5. The van der Waals surface area contributed by atoms with Crippen molar-refractivity contribution in [1.82, 2.24) is 0 Å². The zero-order valence-corrected chi connectivity index (χ0v) is 25.4. The van der Waals surface area contributed by atoms with E-state index in [9.17, 15) is 15.0 Å². The maximum absolute atomic E-state index is 11.0. The lowest BCUT2D eigenvalue weighted by atomic mass is 10.0. The van der Waals surface area contributed by atoms with Crippen LogP contribution in [0.2, 0.25) is 0 Å². The van der Waals surface area contributed by atoms with Crippen LogP contribution in [-0.2, 0) is 9.53 Å². The molecule has 40 heavy (non-hydrogen) atoms. The second kappa shape index (κ2) is 28.1. The van der Waals surface area contributed by atoms with Gasteiger partial charge in [0, 0.05) is 12.8 Å². The zero-order chi connectivity index (χ0) is 29.6. The largest absolute Gasteiger partial charge is 0.469 e. The summed E-state index contributed by atoms with van der Waals surface area (Å²) in [6, 6.07) is 0. The summed E-state index contributed by atoms with van der Waals surface area (Å²) in [4.78, 5) is 11.0. The van der Waals surface area contributed by atoms with E-state index in [1.165, 1.54) is 71.3 Å². The van der Waals surface area contributed by atoms with Crippen LogP contribution in [0.4, 0.5) is 0 Å². The number of aliphatic hydroxyl groups excluding tert-OH is 1. The maximum Gasteiger partial charge on any atom is 0.305 e. The van der Waals surface area contributed by atoms with Crippen molar-refractivity contribution in [2.45, 2.75) is 134 Å². The minimum atomic E-state index is -1.52. The highest BCUT2D eigenvalue weighted by Gasteiger charge is 2.14. The molecule has 5 heteroatoms. The van der Waals surface area contributed by atoms with Crippen molar-refractivity contribution in [3.63, 3.8) is 0 Å². The highest BCUT2D eigenvalue weighted by molar-refractivity contribution is 5.68. The third-order valence-corrected chi connectivity index (χ3v) is 6.46. The van der Waals surface area contributed by atoms with E-state index < -0.39 is 11.8 Å². The Labute approximate surface area is 245 Å². The summed E-state index contributed by atoms with van der Waals surface area (Å²) in [5, 5.41) is 19.9. The van der Waals surface area contributed by atoms with Crippen LogP contribution < -0.4 is 5.73 Å². The van der Waals surface area contributed by atoms with Crippen molar-refractivity contribution in [2.24, 2.45) is 5.73 Å². The standard InChI is InChI=1S/C35H57NO4/c1-3-4-26-31-35(36,39)32-27-22-21-24-29-33(37)28-23-19-17-15-13-11-9-7-5-6-8-10-12-14-16-18-20-25-30-34(38)40-2/h4,13,15,19,21-24,26,29,33,37,39H,3,5-12,14,16-18,20,25,28,30-31,36H2,1-2H3/b15-13-,22-21+,23-19-,26-4-,29-24+/t33-,35-/m1/s1. The molecule has 0 fully saturated rings. The fraction of sp³-hybridized carbons (Fsp3) is 0.629. The Kier molecular flexibility index (Phi) is 26.5. The van der Waals surface area contributed by atoms with Crippen LogP contribution in [0.3, 0.4) is 0 Å². The predicted molar refractivity (Wildman–Crippen MR) is 169 cm³/mol. The van der Waals surface area contributed by atoms with E-state index in [-0.39, 0.29) is 5.97 Å². The van der Waals surface area contributed by atoms with Gasteiger partial charge in [-0.1, -0.05) is 132 Å². The van der Waals surface area contributed by atoms with E-state index in [2.05, 4.69) is 34.8 Å². The molecule has 0 bridgehead atoms. The molecular weight excluding hydrogens is 498 g/mol. The average Bonchev–Trinajstić information content (AvgIpc) is 2.93. The summed E-state index contributed by atoms with van der Waals surface area (Å²) in [5.74, 6) is 5.27. The second-order valence-electron chi connectivity index (χ2n) is 10.4. The lowest BCUT2D eigenvalue weighted by molar-refractivity contribution is -0.140. The van der Waals surface area contributed by atoms with Crippen molar-refractivity contribution in [3.8, 4) is 11.8 Å². The van der Waals surface area contributed by atoms with Crippen LogP contribution in [0, 0.1) is 11.8 Å². The topological polar surface area (TPSA) is 92.8 Å². The Hall–Kier alpha value is -2.39. The molecule has 0 unspecified atom stereocenters. The molecule has 0 spiro atoms. The molecule has 0 aliphatic heterocycles. The quantitative estimate of drug-likeness (QED) is 0.0280. The van der Waals surface area contributed by atoms with Crippen molar-refractivity contribution in [1.29, 1.82) is 0 Å². The zero-order valence-electron chi connectivity index (χ0n) is 25.4. The smallest absolute Gasteiger partial charge is 0.305 e. The summed E-state index contributed by atoms with van der Waals surface area (Å²) in [7, 11) is 1.45. The van der Waals surface area contributed by atoms with Gasteiger partial charge in [0.1, 0.15) is 0 Å². The van der Waals surface area contributed by atoms with Crippen LogP contribution in [0.25, 0.3) is 0 Å². The fourth-order valence-corrected chi connectivity index (χ4v) is 4.05. The molecule has 0 saturated heterocycles. The number of aliphatic hydroxyl groups is 2. The molecule has 0 heterocycles. The molecule has 0 aliphatic rings. The van der Waals surface area contributed by atoms with Crippen LogP contribution in [0.1, 0.15) is 122 Å². The SMILES string of the molecule is CC/C=C\C[C@@](N)(O)C#C/C=C/C=C/[C@H](O)C/C=C\C/C=C\CCCCCCCCCCCCCCC(=O)OC. The van der Waals surface area contributed by atoms with E-state index >= 15 is 0 Å². The molecule has 0 rings (SSSR count). The highest BCUT2D eigenvalue weighted by atomic mass is 16.5. The lowest BCUT2D eigenvalue weighted by Gasteiger charge is -2.12. The van der Waals surface area contributed by atoms with Gasteiger partial charge in [0.25, 0.3) is 0 Å². The number of hydrogen-bond acceptors (Lipinski definition) is 5. The molecule has 0 saturated carbocycles. The third-order valence-electron chi connectivity index (χ3n) is 6.46. The molecule has 0 amide bonds. The number of unbranched alkanes of at least 4 members (excludes halogenated alkanes) is 12. The summed E-state index contributed by atoms with van der Waals surface area (Å²) < 4.78 is 4.66. The number of carbonyl (C=O) groups is 1. The first-order valence-electron chi connectivity index (χ1n) is 15.5. The second-order valence-corrected chi connectivity index (χ2v) is 10.4. The Balaban J connectivity index is 3.62. The highest BCUT2D eigenvalue weighted by Crippen LogP contribution is 2.13. The molecule has 2 atom stereocenters. The summed E-state index contributed by atoms with van der Waals surface area (Å²) in [6.45, 7) is 2.02. The monoisotopic (exact) mass is 555 g/mol. The number of carbonyl (C=O) groups excluding carboxylic acids is 1. The van der Waals surface area contributed by atoms with Gasteiger partial charge in [0.15, 0.2) is 5.72 Å². The number of methoxy groups -OCH3 is 1. The van der Waals surface area contributed by atoms with Gasteiger partial charge in [-0.05, 0) is 50.5 Å². The van der Waals surface area contributed by atoms with E-state index in [4.69, 9.17) is 5.73 Å². The van der Waals surface area contributed by atoms with Crippen LogP contribution in [-0.4, -0.2) is 35.1 Å². The Bertz CT molecular complexity index is 811. The van der Waals surface area contributed by atoms with Gasteiger partial charge >= 0.3 is 5.97 Å². The first-order chi connectivity index (χ1) is 19.4. The molecule has 0 radical (unpaired) electrons. The Morgan fingerprint density at radius 3 is 2.08 bits per heavy atom. The molecule has 226 valence electrons. The predicted octanol–water partition coefficient (Wildman–Crippen LogP) is 7.99. The van der Waals surface area contributed by atoms with Crippen molar-refractivity contribution < 1.29 is 19.7 Å².